The molecule has 0 amide bonds. The lowest BCUT2D eigenvalue weighted by molar-refractivity contribution is 0.0651. The number of hydrogen-bond acceptors (Lipinski definition) is 4. The average Bonchev–Trinajstić information content (AvgIpc) is 3.01. The standard InChI is InChI=1S/C21H23ClN4OS/c1-15-2-4-16(5-3-15)20-23-25(14-24-12-10-19(27)11-13-24)21(28)26(20)18-8-6-17(22)7-9-18/h2-9,19,27H,10-14H2,1H3. The Balaban J connectivity index is 1.76. The van der Waals surface area contributed by atoms with E-state index in [9.17, 15) is 5.11 Å². The Morgan fingerprint density at radius 1 is 1.07 bits per heavy atom. The second-order valence-corrected chi connectivity index (χ2v) is 8.08. The molecule has 5 nitrogen and oxygen atoms in total. The van der Waals surface area contributed by atoms with Gasteiger partial charge in [0.05, 0.1) is 18.5 Å². The summed E-state index contributed by atoms with van der Waals surface area (Å²) in [6.45, 7) is 4.37. The first-order valence-electron chi connectivity index (χ1n) is 9.44. The van der Waals surface area contributed by atoms with Crippen molar-refractivity contribution in [3.63, 3.8) is 0 Å². The van der Waals surface area contributed by atoms with Crippen LogP contribution in [0.1, 0.15) is 18.4 Å². The summed E-state index contributed by atoms with van der Waals surface area (Å²) in [6.07, 6.45) is 1.38. The lowest BCUT2D eigenvalue weighted by Gasteiger charge is -2.28. The topological polar surface area (TPSA) is 46.2 Å². The second kappa shape index (κ2) is 8.17. The monoisotopic (exact) mass is 414 g/mol. The zero-order valence-corrected chi connectivity index (χ0v) is 17.3. The fraction of sp³-hybridized carbons (Fsp3) is 0.333. The van der Waals surface area contributed by atoms with Gasteiger partial charge in [-0.05, 0) is 56.2 Å². The summed E-state index contributed by atoms with van der Waals surface area (Å²) in [6, 6.07) is 15.9. The van der Waals surface area contributed by atoms with Crippen LogP contribution in [0.2, 0.25) is 5.02 Å². The number of rotatable bonds is 4. The van der Waals surface area contributed by atoms with Gasteiger partial charge in [-0.3, -0.25) is 9.47 Å². The van der Waals surface area contributed by atoms with E-state index in [1.54, 1.807) is 0 Å². The van der Waals surface area contributed by atoms with Crippen LogP contribution in [0.3, 0.4) is 0 Å². The molecule has 146 valence electrons. The summed E-state index contributed by atoms with van der Waals surface area (Å²) in [7, 11) is 0. The molecule has 1 N–H and O–H groups in total. The number of hydrogen-bond donors (Lipinski definition) is 1. The molecule has 7 heteroatoms. The normalized spacial score (nSPS) is 15.8. The summed E-state index contributed by atoms with van der Waals surface area (Å²) in [4.78, 5) is 2.28. The minimum Gasteiger partial charge on any atom is -0.393 e. The van der Waals surface area contributed by atoms with Crippen LogP contribution in [0.15, 0.2) is 48.5 Å². The maximum atomic E-state index is 9.75. The van der Waals surface area contributed by atoms with Crippen LogP contribution >= 0.6 is 23.8 Å². The number of aromatic nitrogens is 3. The second-order valence-electron chi connectivity index (χ2n) is 7.27. The third-order valence-electron chi connectivity index (χ3n) is 5.12. The van der Waals surface area contributed by atoms with Crippen molar-refractivity contribution in [1.82, 2.24) is 19.2 Å². The molecule has 1 fully saturated rings. The van der Waals surface area contributed by atoms with Gasteiger partial charge in [0, 0.05) is 23.7 Å². The largest absolute Gasteiger partial charge is 0.393 e. The molecule has 2 heterocycles. The van der Waals surface area contributed by atoms with Crippen molar-refractivity contribution in [3.8, 4) is 17.1 Å². The summed E-state index contributed by atoms with van der Waals surface area (Å²) in [5, 5.41) is 15.3. The minimum absolute atomic E-state index is 0.195. The van der Waals surface area contributed by atoms with Crippen LogP contribution in [0, 0.1) is 11.7 Å². The van der Waals surface area contributed by atoms with Crippen LogP contribution in [-0.4, -0.2) is 43.5 Å². The molecule has 0 bridgehead atoms. The van der Waals surface area contributed by atoms with Crippen molar-refractivity contribution in [2.45, 2.75) is 32.5 Å². The van der Waals surface area contributed by atoms with Crippen LogP contribution in [0.4, 0.5) is 0 Å². The Kier molecular flexibility index (Phi) is 5.64. The summed E-state index contributed by atoms with van der Waals surface area (Å²) >= 11 is 11.9. The third kappa shape index (κ3) is 4.05. The SMILES string of the molecule is Cc1ccc(-c2nn(CN3CCC(O)CC3)c(=S)n2-c2ccc(Cl)cc2)cc1. The van der Waals surface area contributed by atoms with E-state index in [0.717, 1.165) is 43.0 Å². The first kappa shape index (κ1) is 19.3. The minimum atomic E-state index is -0.195. The molecule has 0 saturated carbocycles. The van der Waals surface area contributed by atoms with E-state index in [2.05, 4.69) is 36.1 Å². The molecule has 2 aromatic carbocycles. The molecule has 0 unspecified atom stereocenters. The van der Waals surface area contributed by atoms with Gasteiger partial charge in [-0.15, -0.1) is 5.10 Å². The van der Waals surface area contributed by atoms with E-state index in [4.69, 9.17) is 28.9 Å². The maximum absolute atomic E-state index is 9.75. The highest BCUT2D eigenvalue weighted by atomic mass is 35.5. The zero-order valence-electron chi connectivity index (χ0n) is 15.8. The smallest absolute Gasteiger partial charge is 0.204 e. The fourth-order valence-corrected chi connectivity index (χ4v) is 3.88. The number of aliphatic hydroxyl groups excluding tert-OH is 1. The molecule has 1 aromatic heterocycles. The quantitative estimate of drug-likeness (QED) is 0.641. The van der Waals surface area contributed by atoms with Crippen LogP contribution < -0.4 is 0 Å². The molecule has 1 saturated heterocycles. The molecule has 0 radical (unpaired) electrons. The highest BCUT2D eigenvalue weighted by molar-refractivity contribution is 7.71. The Hall–Kier alpha value is -1.99. The van der Waals surface area contributed by atoms with Gasteiger partial charge in [-0.1, -0.05) is 41.4 Å². The van der Waals surface area contributed by atoms with Crippen molar-refractivity contribution in [2.75, 3.05) is 13.1 Å². The Bertz CT molecular complexity index is 1000. The molecule has 4 rings (SSSR count). The molecule has 1 aliphatic rings. The predicted octanol–water partition coefficient (Wildman–Crippen LogP) is 4.45. The number of aliphatic hydroxyl groups is 1. The van der Waals surface area contributed by atoms with Crippen molar-refractivity contribution < 1.29 is 5.11 Å². The van der Waals surface area contributed by atoms with Crippen LogP contribution in [0.5, 0.6) is 0 Å². The summed E-state index contributed by atoms with van der Waals surface area (Å²) < 4.78 is 4.51. The number of benzene rings is 2. The van der Waals surface area contributed by atoms with Crippen molar-refractivity contribution in [1.29, 1.82) is 0 Å². The van der Waals surface area contributed by atoms with E-state index in [0.29, 0.717) is 16.5 Å². The Labute approximate surface area is 174 Å². The molecular formula is C21H23ClN4OS. The van der Waals surface area contributed by atoms with E-state index >= 15 is 0 Å². The zero-order chi connectivity index (χ0) is 19.7. The Morgan fingerprint density at radius 3 is 2.36 bits per heavy atom. The summed E-state index contributed by atoms with van der Waals surface area (Å²) in [5.74, 6) is 0.810. The number of aryl methyl sites for hydroxylation is 1. The predicted molar refractivity (Wildman–Crippen MR) is 114 cm³/mol. The highest BCUT2D eigenvalue weighted by Crippen LogP contribution is 2.24. The molecule has 1 aliphatic heterocycles. The molecular weight excluding hydrogens is 392 g/mol. The number of piperidine rings is 1. The molecule has 28 heavy (non-hydrogen) atoms. The lowest BCUT2D eigenvalue weighted by Crippen LogP contribution is -2.37. The Morgan fingerprint density at radius 2 is 1.71 bits per heavy atom. The van der Waals surface area contributed by atoms with Crippen molar-refractivity contribution in [3.05, 3.63) is 63.9 Å². The first-order chi connectivity index (χ1) is 13.5. The molecule has 0 spiro atoms. The molecule has 0 aliphatic carbocycles. The van der Waals surface area contributed by atoms with Gasteiger partial charge >= 0.3 is 0 Å². The van der Waals surface area contributed by atoms with E-state index in [-0.39, 0.29) is 6.10 Å². The van der Waals surface area contributed by atoms with Crippen molar-refractivity contribution >= 4 is 23.8 Å². The average molecular weight is 415 g/mol. The third-order valence-corrected chi connectivity index (χ3v) is 5.77. The maximum Gasteiger partial charge on any atom is 0.204 e. The molecule has 0 atom stereocenters. The van der Waals surface area contributed by atoms with Gasteiger partial charge in [0.1, 0.15) is 0 Å². The first-order valence-corrected chi connectivity index (χ1v) is 10.2. The molecule has 3 aromatic rings. The van der Waals surface area contributed by atoms with Crippen LogP contribution in [-0.2, 0) is 6.67 Å². The van der Waals surface area contributed by atoms with Gasteiger partial charge in [0.25, 0.3) is 0 Å². The van der Waals surface area contributed by atoms with E-state index in [1.807, 2.05) is 33.5 Å². The lowest BCUT2D eigenvalue weighted by atomic mass is 10.1. The fourth-order valence-electron chi connectivity index (χ4n) is 3.46. The van der Waals surface area contributed by atoms with E-state index in [1.165, 1.54) is 5.56 Å². The van der Waals surface area contributed by atoms with Gasteiger partial charge in [-0.25, -0.2) is 4.68 Å². The summed E-state index contributed by atoms with van der Waals surface area (Å²) in [5.41, 5.74) is 3.15. The van der Waals surface area contributed by atoms with Gasteiger partial charge in [0.2, 0.25) is 4.77 Å². The highest BCUT2D eigenvalue weighted by Gasteiger charge is 2.20. The van der Waals surface area contributed by atoms with Crippen molar-refractivity contribution in [2.24, 2.45) is 0 Å². The number of likely N-dealkylation sites (tertiary alicyclic amines) is 1. The van der Waals surface area contributed by atoms with Crippen LogP contribution in [0.25, 0.3) is 17.1 Å². The number of nitrogens with zero attached hydrogens (tertiary/aromatic N) is 4. The van der Waals surface area contributed by atoms with Gasteiger partial charge in [-0.2, -0.15) is 0 Å². The van der Waals surface area contributed by atoms with Gasteiger partial charge < -0.3 is 5.11 Å². The number of halogens is 1. The van der Waals surface area contributed by atoms with E-state index < -0.39 is 0 Å². The van der Waals surface area contributed by atoms with Gasteiger partial charge in [0.15, 0.2) is 5.82 Å².